The second-order valence-corrected chi connectivity index (χ2v) is 9.83. The Labute approximate surface area is 193 Å². The number of halogens is 4. The van der Waals surface area contributed by atoms with E-state index in [2.05, 4.69) is 6.92 Å². The largest absolute Gasteiger partial charge is 0.206 e. The highest BCUT2D eigenvalue weighted by molar-refractivity contribution is 5.68. The van der Waals surface area contributed by atoms with Crippen molar-refractivity contribution in [1.82, 2.24) is 0 Å². The van der Waals surface area contributed by atoms with Crippen molar-refractivity contribution in [2.75, 3.05) is 0 Å². The lowest BCUT2D eigenvalue weighted by Gasteiger charge is -2.41. The summed E-state index contributed by atoms with van der Waals surface area (Å²) in [7, 11) is 0. The van der Waals surface area contributed by atoms with Gasteiger partial charge in [-0.2, -0.15) is 5.26 Å². The smallest absolute Gasteiger partial charge is 0.144 e. The first-order valence-electron chi connectivity index (χ1n) is 12.3. The van der Waals surface area contributed by atoms with Crippen LogP contribution in [0.1, 0.15) is 93.7 Å². The molecule has 4 rings (SSSR count). The molecule has 3 unspecified atom stereocenters. The predicted molar refractivity (Wildman–Crippen MR) is 122 cm³/mol. The van der Waals surface area contributed by atoms with Crippen LogP contribution in [0.5, 0.6) is 0 Å². The van der Waals surface area contributed by atoms with Gasteiger partial charge in [0.2, 0.25) is 0 Å². The van der Waals surface area contributed by atoms with E-state index in [1.807, 2.05) is 0 Å². The van der Waals surface area contributed by atoms with Crippen LogP contribution in [-0.4, -0.2) is 0 Å². The van der Waals surface area contributed by atoms with Gasteiger partial charge < -0.3 is 0 Å². The third kappa shape index (κ3) is 4.81. The lowest BCUT2D eigenvalue weighted by atomic mass is 9.64. The fourth-order valence-electron chi connectivity index (χ4n) is 6.07. The summed E-state index contributed by atoms with van der Waals surface area (Å²) in [6, 6.07) is 4.51. The normalized spacial score (nSPS) is 21.9. The highest BCUT2D eigenvalue weighted by Crippen LogP contribution is 2.49. The highest BCUT2D eigenvalue weighted by atomic mass is 19.1. The molecule has 2 aromatic rings. The molecule has 0 radical (unpaired) electrons. The number of hydrogen-bond acceptors (Lipinski definition) is 1. The molecule has 5 heteroatoms. The Morgan fingerprint density at radius 2 is 1.64 bits per heavy atom. The quantitative estimate of drug-likeness (QED) is 0.302. The fourth-order valence-corrected chi connectivity index (χ4v) is 6.07. The van der Waals surface area contributed by atoms with Crippen molar-refractivity contribution in [3.8, 4) is 17.2 Å². The lowest BCUT2D eigenvalue weighted by Crippen LogP contribution is -2.29. The maximum atomic E-state index is 15.5. The van der Waals surface area contributed by atoms with E-state index in [4.69, 9.17) is 5.26 Å². The van der Waals surface area contributed by atoms with E-state index in [0.717, 1.165) is 43.4 Å². The number of unbranched alkanes of at least 4 members (excludes halogenated alkanes) is 4. The highest BCUT2D eigenvalue weighted by Gasteiger charge is 2.37. The Morgan fingerprint density at radius 1 is 0.909 bits per heavy atom. The van der Waals surface area contributed by atoms with Crippen LogP contribution in [0.3, 0.4) is 0 Å². The number of nitrogens with zero attached hydrogens (tertiary/aromatic N) is 1. The molecule has 0 aliphatic heterocycles. The topological polar surface area (TPSA) is 23.8 Å². The molecule has 0 spiro atoms. The standard InChI is InChI=1S/C28H31F4N/c1-2-3-4-5-6-7-17-8-10-20-18(12-17)9-11-21-22(20)15-26(31)27(28(21)32)19-13-24(29)23(16-33)25(30)14-19/h13-15,17-18,20H,2-12H2,1H3. The molecular formula is C28H31F4N. The van der Waals surface area contributed by atoms with Crippen molar-refractivity contribution in [2.24, 2.45) is 11.8 Å². The van der Waals surface area contributed by atoms with Crippen LogP contribution < -0.4 is 0 Å². The molecule has 2 aliphatic rings. The van der Waals surface area contributed by atoms with Crippen molar-refractivity contribution in [1.29, 1.82) is 5.26 Å². The van der Waals surface area contributed by atoms with Gasteiger partial charge in [0.05, 0.1) is 5.56 Å². The first kappa shape index (κ1) is 23.8. The average molecular weight is 458 g/mol. The Kier molecular flexibility index (Phi) is 7.41. The van der Waals surface area contributed by atoms with E-state index in [0.29, 0.717) is 23.8 Å². The summed E-state index contributed by atoms with van der Waals surface area (Å²) in [6.07, 6.45) is 12.2. The van der Waals surface area contributed by atoms with Crippen LogP contribution in [0.2, 0.25) is 0 Å². The molecule has 176 valence electrons. The number of nitriles is 1. The number of benzene rings is 2. The van der Waals surface area contributed by atoms with Gasteiger partial charge in [-0.05, 0) is 84.7 Å². The van der Waals surface area contributed by atoms with E-state index in [1.54, 1.807) is 0 Å². The molecule has 1 nitrogen and oxygen atoms in total. The number of rotatable bonds is 7. The molecule has 0 heterocycles. The Balaban J connectivity index is 1.54. The molecule has 1 saturated carbocycles. The predicted octanol–water partition coefficient (Wildman–Crippen LogP) is 8.59. The van der Waals surface area contributed by atoms with Crippen LogP contribution in [0.25, 0.3) is 11.1 Å². The molecular weight excluding hydrogens is 426 g/mol. The van der Waals surface area contributed by atoms with Gasteiger partial charge in [0, 0.05) is 0 Å². The second kappa shape index (κ2) is 10.3. The van der Waals surface area contributed by atoms with Crippen LogP contribution in [0.15, 0.2) is 18.2 Å². The minimum Gasteiger partial charge on any atom is -0.206 e. The summed E-state index contributed by atoms with van der Waals surface area (Å²) in [5.41, 5.74) is -0.148. The molecule has 2 aromatic carbocycles. The zero-order chi connectivity index (χ0) is 23.5. The van der Waals surface area contributed by atoms with Gasteiger partial charge in [-0.3, -0.25) is 0 Å². The minimum absolute atomic E-state index is 0.151. The molecule has 3 atom stereocenters. The molecule has 0 N–H and O–H groups in total. The fraction of sp³-hybridized carbons (Fsp3) is 0.536. The van der Waals surface area contributed by atoms with E-state index in [9.17, 15) is 8.78 Å². The Bertz CT molecular complexity index is 1030. The molecule has 0 aromatic heterocycles. The van der Waals surface area contributed by atoms with E-state index < -0.39 is 34.4 Å². The third-order valence-corrected chi connectivity index (χ3v) is 7.77. The average Bonchev–Trinajstić information content (AvgIpc) is 2.78. The molecule has 33 heavy (non-hydrogen) atoms. The zero-order valence-electron chi connectivity index (χ0n) is 19.2. The maximum absolute atomic E-state index is 15.5. The van der Waals surface area contributed by atoms with Crippen LogP contribution >= 0.6 is 0 Å². The van der Waals surface area contributed by atoms with Gasteiger partial charge in [0.1, 0.15) is 34.9 Å². The van der Waals surface area contributed by atoms with Crippen LogP contribution in [-0.2, 0) is 6.42 Å². The summed E-state index contributed by atoms with van der Waals surface area (Å²) in [4.78, 5) is 0. The van der Waals surface area contributed by atoms with Crippen LogP contribution in [0, 0.1) is 46.4 Å². The van der Waals surface area contributed by atoms with Crippen molar-refractivity contribution in [2.45, 2.75) is 83.5 Å². The van der Waals surface area contributed by atoms with Crippen LogP contribution in [0.4, 0.5) is 17.6 Å². The summed E-state index contributed by atoms with van der Waals surface area (Å²) in [5.74, 6) is -2.44. The SMILES string of the molecule is CCCCCCCC1CCC2c3cc(F)c(-c4cc(F)c(C#N)c(F)c4)c(F)c3CCC2C1. The minimum atomic E-state index is -1.11. The molecule has 0 bridgehead atoms. The van der Waals surface area contributed by atoms with Crippen molar-refractivity contribution in [3.05, 3.63) is 58.2 Å². The lowest BCUT2D eigenvalue weighted by molar-refractivity contribution is 0.197. The van der Waals surface area contributed by atoms with Gasteiger partial charge in [-0.25, -0.2) is 17.6 Å². The van der Waals surface area contributed by atoms with Gasteiger partial charge in [-0.15, -0.1) is 0 Å². The Hall–Kier alpha value is -2.35. The maximum Gasteiger partial charge on any atom is 0.144 e. The summed E-state index contributed by atoms with van der Waals surface area (Å²) >= 11 is 0. The van der Waals surface area contributed by atoms with Gasteiger partial charge in [0.15, 0.2) is 0 Å². The van der Waals surface area contributed by atoms with Gasteiger partial charge in [-0.1, -0.05) is 45.4 Å². The summed E-state index contributed by atoms with van der Waals surface area (Å²) < 4.78 is 58.8. The van der Waals surface area contributed by atoms with Gasteiger partial charge >= 0.3 is 0 Å². The first-order chi connectivity index (χ1) is 15.9. The Morgan fingerprint density at radius 3 is 2.33 bits per heavy atom. The zero-order valence-corrected chi connectivity index (χ0v) is 19.2. The summed E-state index contributed by atoms with van der Waals surface area (Å²) in [5, 5.41) is 8.86. The van der Waals surface area contributed by atoms with E-state index in [-0.39, 0.29) is 11.5 Å². The van der Waals surface area contributed by atoms with Crippen molar-refractivity contribution >= 4 is 0 Å². The first-order valence-corrected chi connectivity index (χ1v) is 12.3. The molecule has 0 saturated heterocycles. The molecule has 1 fully saturated rings. The third-order valence-electron chi connectivity index (χ3n) is 7.77. The second-order valence-electron chi connectivity index (χ2n) is 9.83. The van der Waals surface area contributed by atoms with Gasteiger partial charge in [0.25, 0.3) is 0 Å². The number of hydrogen-bond donors (Lipinski definition) is 0. The summed E-state index contributed by atoms with van der Waals surface area (Å²) in [6.45, 7) is 2.22. The van der Waals surface area contributed by atoms with E-state index in [1.165, 1.54) is 50.7 Å². The van der Waals surface area contributed by atoms with E-state index >= 15 is 8.78 Å². The monoisotopic (exact) mass is 457 g/mol. The molecule has 2 aliphatic carbocycles. The molecule has 0 amide bonds. The number of fused-ring (bicyclic) bond motifs is 3. The van der Waals surface area contributed by atoms with Crippen molar-refractivity contribution in [3.63, 3.8) is 0 Å². The van der Waals surface area contributed by atoms with Crippen molar-refractivity contribution < 1.29 is 17.6 Å².